The van der Waals surface area contributed by atoms with Gasteiger partial charge >= 0.3 is 18.3 Å². The van der Waals surface area contributed by atoms with E-state index in [9.17, 15) is 65.9 Å². The van der Waals surface area contributed by atoms with E-state index in [1.165, 1.54) is 77.0 Å². The molecule has 3 nitrogen and oxygen atoms in total. The van der Waals surface area contributed by atoms with E-state index < -0.39 is 106 Å². The lowest BCUT2D eigenvalue weighted by Crippen LogP contribution is -2.38. The minimum absolute atomic E-state index is 0.329. The molecule has 0 saturated heterocycles. The third-order valence-corrected chi connectivity index (χ3v) is 18.6. The van der Waals surface area contributed by atoms with Crippen molar-refractivity contribution in [1.82, 2.24) is 0 Å². The fourth-order valence-electron chi connectivity index (χ4n) is 13.5. The summed E-state index contributed by atoms with van der Waals surface area (Å²) in [6, 6.07) is 2.76. The molecule has 0 unspecified atom stereocenters. The van der Waals surface area contributed by atoms with E-state index in [1.54, 1.807) is 0 Å². The van der Waals surface area contributed by atoms with Gasteiger partial charge in [-0.05, 0) is 169 Å². The van der Waals surface area contributed by atoms with Crippen LogP contribution in [0.5, 0.6) is 17.2 Å². The lowest BCUT2D eigenvalue weighted by Gasteiger charge is -2.38. The van der Waals surface area contributed by atoms with Gasteiger partial charge in [-0.25, -0.2) is 39.5 Å². The van der Waals surface area contributed by atoms with Crippen LogP contribution < -0.4 is 14.2 Å². The van der Waals surface area contributed by atoms with E-state index in [4.69, 9.17) is 0 Å². The Balaban J connectivity index is 0.000000170. The quantitative estimate of drug-likeness (QED) is 0.134. The van der Waals surface area contributed by atoms with Crippen molar-refractivity contribution in [2.24, 2.45) is 71.0 Å². The summed E-state index contributed by atoms with van der Waals surface area (Å²) in [5.41, 5.74) is 0. The Morgan fingerprint density at radius 2 is 0.423 bits per heavy atom. The molecule has 6 aliphatic rings. The van der Waals surface area contributed by atoms with Crippen molar-refractivity contribution in [2.45, 2.75) is 193 Å². The predicted molar refractivity (Wildman–Crippen MR) is 265 cm³/mol. The number of hydrogen-bond donors (Lipinski definition) is 0. The molecule has 0 N–H and O–H groups in total. The van der Waals surface area contributed by atoms with Crippen molar-refractivity contribution in [3.05, 3.63) is 88.8 Å². The average Bonchev–Trinajstić information content (AvgIpc) is 3.42. The smallest absolute Gasteiger partial charge is 0.400 e. The lowest BCUT2D eigenvalue weighted by molar-refractivity contribution is -0.225. The molecule has 3 aromatic carbocycles. The zero-order chi connectivity index (χ0) is 56.7. The number of hydrogen-bond acceptors (Lipinski definition) is 3. The standard InChI is InChI=1S/3C20H25F5O/c3*1-12-2-4-13(5-3-12)14-6-8-15(9-7-14)20(24,25)26-16-10-17(21)19(23)18(22)11-16/h3*10-15H,2-9H2,1H3. The van der Waals surface area contributed by atoms with Crippen LogP contribution in [-0.2, 0) is 0 Å². The maximum atomic E-state index is 14.4. The number of ether oxygens (including phenoxy) is 3. The van der Waals surface area contributed by atoms with Crippen molar-refractivity contribution in [3.8, 4) is 17.2 Å². The second-order valence-electron chi connectivity index (χ2n) is 24.0. The number of benzene rings is 3. The fraction of sp³-hybridized carbons (Fsp3) is 0.700. The zero-order valence-electron chi connectivity index (χ0n) is 44.8. The molecular formula is C60H75F15O3. The first kappa shape index (κ1) is 61.6. The van der Waals surface area contributed by atoms with E-state index in [2.05, 4.69) is 35.0 Å². The summed E-state index contributed by atoms with van der Waals surface area (Å²) < 4.78 is 218. The van der Waals surface area contributed by atoms with Crippen molar-refractivity contribution >= 4 is 0 Å². The Bertz CT molecular complexity index is 2040. The average molecular weight is 1130 g/mol. The van der Waals surface area contributed by atoms with E-state index in [1.807, 2.05) is 0 Å². The van der Waals surface area contributed by atoms with Crippen LogP contribution in [0, 0.1) is 123 Å². The highest BCUT2D eigenvalue weighted by Crippen LogP contribution is 2.49. The second-order valence-corrected chi connectivity index (χ2v) is 24.0. The minimum atomic E-state index is -3.53. The Kier molecular flexibility index (Phi) is 21.1. The van der Waals surface area contributed by atoms with Crippen LogP contribution in [0.1, 0.15) is 175 Å². The van der Waals surface area contributed by atoms with Crippen LogP contribution in [0.2, 0.25) is 0 Å². The molecule has 6 aliphatic carbocycles. The van der Waals surface area contributed by atoms with Gasteiger partial charge in [-0.15, -0.1) is 0 Å². The van der Waals surface area contributed by atoms with Crippen molar-refractivity contribution < 1.29 is 80.1 Å². The van der Waals surface area contributed by atoms with E-state index in [-0.39, 0.29) is 0 Å². The largest absolute Gasteiger partial charge is 0.432 e. The molecule has 18 heteroatoms. The molecule has 438 valence electrons. The van der Waals surface area contributed by atoms with E-state index in [0.29, 0.717) is 110 Å². The van der Waals surface area contributed by atoms with E-state index >= 15 is 0 Å². The highest BCUT2D eigenvalue weighted by Gasteiger charge is 2.48. The van der Waals surface area contributed by atoms with Gasteiger partial charge in [0.25, 0.3) is 0 Å². The third-order valence-electron chi connectivity index (χ3n) is 18.6. The molecule has 78 heavy (non-hydrogen) atoms. The van der Waals surface area contributed by atoms with Crippen LogP contribution in [0.3, 0.4) is 0 Å². The van der Waals surface area contributed by atoms with Gasteiger partial charge in [0, 0.05) is 36.4 Å². The molecule has 0 aliphatic heterocycles. The summed E-state index contributed by atoms with van der Waals surface area (Å²) in [6.07, 6.45) is 10.1. The molecule has 0 aromatic heterocycles. The highest BCUT2D eigenvalue weighted by molar-refractivity contribution is 5.27. The Morgan fingerprint density at radius 1 is 0.269 bits per heavy atom. The molecule has 0 amide bonds. The van der Waals surface area contributed by atoms with Crippen molar-refractivity contribution in [2.75, 3.05) is 0 Å². The predicted octanol–water partition coefficient (Wildman–Crippen LogP) is 20.1. The molecule has 6 saturated carbocycles. The number of alkyl halides is 6. The van der Waals surface area contributed by atoms with Gasteiger partial charge in [0.15, 0.2) is 52.4 Å². The third kappa shape index (κ3) is 16.4. The van der Waals surface area contributed by atoms with Crippen molar-refractivity contribution in [3.63, 3.8) is 0 Å². The van der Waals surface area contributed by atoms with Crippen LogP contribution in [0.15, 0.2) is 36.4 Å². The molecule has 0 spiro atoms. The van der Waals surface area contributed by atoms with Crippen LogP contribution >= 0.6 is 0 Å². The molecule has 3 aromatic rings. The minimum Gasteiger partial charge on any atom is -0.432 e. The summed E-state index contributed by atoms with van der Waals surface area (Å²) in [6.45, 7) is 6.77. The molecule has 9 rings (SSSR count). The maximum absolute atomic E-state index is 14.4. The summed E-state index contributed by atoms with van der Waals surface area (Å²) >= 11 is 0. The summed E-state index contributed by atoms with van der Waals surface area (Å²) in [7, 11) is 0. The molecule has 0 bridgehead atoms. The Labute approximate surface area is 449 Å². The van der Waals surface area contributed by atoms with Gasteiger partial charge in [0.2, 0.25) is 0 Å². The van der Waals surface area contributed by atoms with E-state index in [0.717, 1.165) is 56.3 Å². The lowest BCUT2D eigenvalue weighted by atomic mass is 9.69. The zero-order valence-corrected chi connectivity index (χ0v) is 44.8. The molecule has 0 atom stereocenters. The normalized spacial score (nSPS) is 30.2. The Hall–Kier alpha value is -3.99. The SMILES string of the molecule is CC1CCC(C2CCC(C(F)(F)Oc3cc(F)c(F)c(F)c3)CC2)CC1.CC1CCC(C2CCC(C(F)(F)Oc3cc(F)c(F)c(F)c3)CC2)CC1.CC1CCC(C2CCC(C(F)(F)Oc3cc(F)c(F)c(F)c3)CC2)CC1. The second kappa shape index (κ2) is 26.7. The van der Waals surface area contributed by atoms with Gasteiger partial charge < -0.3 is 14.2 Å². The first-order valence-corrected chi connectivity index (χ1v) is 28.4. The van der Waals surface area contributed by atoms with Crippen LogP contribution in [0.25, 0.3) is 0 Å². The van der Waals surface area contributed by atoms with Gasteiger partial charge in [-0.3, -0.25) is 0 Å². The summed E-state index contributed by atoms with van der Waals surface area (Å²) in [5.74, 6) is -13.7. The van der Waals surface area contributed by atoms with Crippen molar-refractivity contribution in [1.29, 1.82) is 0 Å². The summed E-state index contributed by atoms with van der Waals surface area (Å²) in [4.78, 5) is 0. The summed E-state index contributed by atoms with van der Waals surface area (Å²) in [5, 5.41) is 0. The van der Waals surface area contributed by atoms with Gasteiger partial charge in [-0.2, -0.15) is 26.3 Å². The molecule has 6 fully saturated rings. The first-order chi connectivity index (χ1) is 36.8. The van der Waals surface area contributed by atoms with Gasteiger partial charge in [0.1, 0.15) is 17.2 Å². The topological polar surface area (TPSA) is 27.7 Å². The first-order valence-electron chi connectivity index (χ1n) is 28.4. The Morgan fingerprint density at radius 3 is 0.590 bits per heavy atom. The van der Waals surface area contributed by atoms with Gasteiger partial charge in [0.05, 0.1) is 17.8 Å². The van der Waals surface area contributed by atoms with Crippen LogP contribution in [-0.4, -0.2) is 18.3 Å². The monoisotopic (exact) mass is 1130 g/mol. The molecular weight excluding hydrogens is 1050 g/mol. The molecule has 0 radical (unpaired) electrons. The van der Waals surface area contributed by atoms with Crippen LogP contribution in [0.4, 0.5) is 65.9 Å². The highest BCUT2D eigenvalue weighted by atomic mass is 19.3. The molecule has 0 heterocycles. The van der Waals surface area contributed by atoms with Gasteiger partial charge in [-0.1, -0.05) is 59.3 Å². The maximum Gasteiger partial charge on any atom is 0.400 e. The number of halogens is 15. The number of rotatable bonds is 12. The fourth-order valence-corrected chi connectivity index (χ4v) is 13.5.